The number of nitriles is 1. The number of halogens is 2. The van der Waals surface area contributed by atoms with Crippen molar-refractivity contribution in [2.75, 3.05) is 0 Å². The first-order chi connectivity index (χ1) is 11.5. The quantitative estimate of drug-likeness (QED) is 0.609. The van der Waals surface area contributed by atoms with E-state index in [4.69, 9.17) is 5.26 Å². The molecule has 0 aliphatic carbocycles. The van der Waals surface area contributed by atoms with Crippen LogP contribution in [0.5, 0.6) is 0 Å². The molecule has 0 aliphatic rings. The SMILES string of the molecule is C/C(C#N)=C/c1cn(Cc2cc(C)cc(F)c2)c2ccc(F)cc12. The summed E-state index contributed by atoms with van der Waals surface area (Å²) in [6, 6.07) is 11.5. The normalized spacial score (nSPS) is 11.7. The highest BCUT2D eigenvalue weighted by Gasteiger charge is 2.10. The zero-order chi connectivity index (χ0) is 17.3. The van der Waals surface area contributed by atoms with E-state index in [-0.39, 0.29) is 11.6 Å². The predicted molar refractivity (Wildman–Crippen MR) is 91.4 cm³/mol. The zero-order valence-electron chi connectivity index (χ0n) is 13.5. The van der Waals surface area contributed by atoms with Gasteiger partial charge in [0.2, 0.25) is 0 Å². The van der Waals surface area contributed by atoms with Gasteiger partial charge in [0.25, 0.3) is 0 Å². The maximum atomic E-state index is 13.6. The molecule has 0 atom stereocenters. The molecule has 0 bridgehead atoms. The molecule has 0 saturated heterocycles. The number of hydrogen-bond acceptors (Lipinski definition) is 1. The largest absolute Gasteiger partial charge is 0.342 e. The first-order valence-corrected chi connectivity index (χ1v) is 7.59. The Kier molecular flexibility index (Phi) is 4.18. The van der Waals surface area contributed by atoms with Gasteiger partial charge in [0, 0.05) is 34.8 Å². The number of benzene rings is 2. The number of hydrogen-bond donors (Lipinski definition) is 0. The summed E-state index contributed by atoms with van der Waals surface area (Å²) in [5.74, 6) is -0.598. The van der Waals surface area contributed by atoms with Crippen molar-refractivity contribution in [1.29, 1.82) is 5.26 Å². The molecule has 2 nitrogen and oxygen atoms in total. The maximum Gasteiger partial charge on any atom is 0.123 e. The monoisotopic (exact) mass is 322 g/mol. The summed E-state index contributed by atoms with van der Waals surface area (Å²) < 4.78 is 29.2. The summed E-state index contributed by atoms with van der Waals surface area (Å²) in [4.78, 5) is 0. The van der Waals surface area contributed by atoms with Gasteiger partial charge in [-0.2, -0.15) is 5.26 Å². The van der Waals surface area contributed by atoms with Crippen molar-refractivity contribution in [3.8, 4) is 6.07 Å². The Bertz CT molecular complexity index is 971. The molecule has 0 N–H and O–H groups in total. The van der Waals surface area contributed by atoms with Crippen LogP contribution in [0.25, 0.3) is 17.0 Å². The van der Waals surface area contributed by atoms with Crippen molar-refractivity contribution in [3.63, 3.8) is 0 Å². The van der Waals surface area contributed by atoms with Crippen molar-refractivity contribution in [1.82, 2.24) is 4.57 Å². The van der Waals surface area contributed by atoms with Crippen LogP contribution < -0.4 is 0 Å². The smallest absolute Gasteiger partial charge is 0.123 e. The Hall–Kier alpha value is -2.93. The van der Waals surface area contributed by atoms with E-state index in [9.17, 15) is 8.78 Å². The van der Waals surface area contributed by atoms with E-state index in [0.717, 1.165) is 27.6 Å². The van der Waals surface area contributed by atoms with Crippen LogP contribution in [-0.2, 0) is 6.54 Å². The third-order valence-corrected chi connectivity index (χ3v) is 3.88. The van der Waals surface area contributed by atoms with Gasteiger partial charge in [-0.15, -0.1) is 0 Å². The van der Waals surface area contributed by atoms with Crippen LogP contribution in [0.3, 0.4) is 0 Å². The van der Waals surface area contributed by atoms with E-state index in [1.54, 1.807) is 19.1 Å². The van der Waals surface area contributed by atoms with Crippen LogP contribution in [0, 0.1) is 29.9 Å². The van der Waals surface area contributed by atoms with E-state index in [1.807, 2.05) is 23.8 Å². The zero-order valence-corrected chi connectivity index (χ0v) is 13.5. The van der Waals surface area contributed by atoms with Gasteiger partial charge in [-0.3, -0.25) is 0 Å². The van der Waals surface area contributed by atoms with E-state index in [2.05, 4.69) is 6.07 Å². The number of aryl methyl sites for hydroxylation is 1. The minimum Gasteiger partial charge on any atom is -0.342 e. The second-order valence-electron chi connectivity index (χ2n) is 5.95. The molecule has 0 amide bonds. The number of rotatable bonds is 3. The average molecular weight is 322 g/mol. The fourth-order valence-electron chi connectivity index (χ4n) is 2.91. The number of fused-ring (bicyclic) bond motifs is 1. The Morgan fingerprint density at radius 1 is 1.17 bits per heavy atom. The van der Waals surface area contributed by atoms with Crippen molar-refractivity contribution in [3.05, 3.63) is 76.5 Å². The molecule has 120 valence electrons. The van der Waals surface area contributed by atoms with Gasteiger partial charge in [0.15, 0.2) is 0 Å². The standard InChI is InChI=1S/C20H16F2N2/c1-13-5-15(8-18(22)7-13)11-24-12-16(6-14(2)10-23)19-9-17(21)3-4-20(19)24/h3-9,12H,11H2,1-2H3/b14-6-. The molecule has 0 saturated carbocycles. The lowest BCUT2D eigenvalue weighted by molar-refractivity contribution is 0.622. The van der Waals surface area contributed by atoms with Gasteiger partial charge in [0.1, 0.15) is 11.6 Å². The lowest BCUT2D eigenvalue weighted by atomic mass is 10.1. The van der Waals surface area contributed by atoms with Gasteiger partial charge in [-0.25, -0.2) is 8.78 Å². The van der Waals surface area contributed by atoms with Crippen LogP contribution in [0.15, 0.2) is 48.2 Å². The molecule has 0 unspecified atom stereocenters. The van der Waals surface area contributed by atoms with Crippen molar-refractivity contribution in [2.24, 2.45) is 0 Å². The summed E-state index contributed by atoms with van der Waals surface area (Å²) in [6.07, 6.45) is 3.60. The van der Waals surface area contributed by atoms with E-state index in [1.165, 1.54) is 24.3 Å². The molecule has 2 aromatic carbocycles. The van der Waals surface area contributed by atoms with Crippen LogP contribution >= 0.6 is 0 Å². The van der Waals surface area contributed by atoms with Gasteiger partial charge >= 0.3 is 0 Å². The molecule has 3 aromatic rings. The molecule has 0 fully saturated rings. The second kappa shape index (κ2) is 6.29. The van der Waals surface area contributed by atoms with Crippen LogP contribution in [0.2, 0.25) is 0 Å². The summed E-state index contributed by atoms with van der Waals surface area (Å²) in [6.45, 7) is 4.03. The van der Waals surface area contributed by atoms with E-state index < -0.39 is 0 Å². The molecule has 0 radical (unpaired) electrons. The fraction of sp³-hybridized carbons (Fsp3) is 0.150. The highest BCUT2D eigenvalue weighted by atomic mass is 19.1. The van der Waals surface area contributed by atoms with Crippen LogP contribution in [0.4, 0.5) is 8.78 Å². The van der Waals surface area contributed by atoms with Gasteiger partial charge < -0.3 is 4.57 Å². The molecule has 1 aromatic heterocycles. The molecule has 24 heavy (non-hydrogen) atoms. The lowest BCUT2D eigenvalue weighted by Gasteiger charge is -2.07. The Labute approximate surface area is 139 Å². The van der Waals surface area contributed by atoms with Crippen molar-refractivity contribution >= 4 is 17.0 Å². The highest BCUT2D eigenvalue weighted by Crippen LogP contribution is 2.26. The maximum absolute atomic E-state index is 13.6. The molecule has 0 aliphatic heterocycles. The third kappa shape index (κ3) is 3.21. The first kappa shape index (κ1) is 15.9. The third-order valence-electron chi connectivity index (χ3n) is 3.88. The van der Waals surface area contributed by atoms with Gasteiger partial charge in [0.05, 0.1) is 6.07 Å². The van der Waals surface area contributed by atoms with Gasteiger partial charge in [-0.05, 0) is 61.4 Å². The first-order valence-electron chi connectivity index (χ1n) is 7.59. The minimum absolute atomic E-state index is 0.270. The predicted octanol–water partition coefficient (Wildman–Crippen LogP) is 5.20. The van der Waals surface area contributed by atoms with E-state index >= 15 is 0 Å². The fourth-order valence-corrected chi connectivity index (χ4v) is 2.91. The molecular weight excluding hydrogens is 306 g/mol. The minimum atomic E-state index is -0.328. The molecular formula is C20H16F2N2. The molecule has 0 spiro atoms. The molecule has 3 rings (SSSR count). The average Bonchev–Trinajstić information content (AvgIpc) is 2.83. The summed E-state index contributed by atoms with van der Waals surface area (Å²) in [7, 11) is 0. The van der Waals surface area contributed by atoms with Crippen LogP contribution in [-0.4, -0.2) is 4.57 Å². The summed E-state index contributed by atoms with van der Waals surface area (Å²) in [5.41, 5.74) is 3.85. The number of aromatic nitrogens is 1. The molecule has 4 heteroatoms. The topological polar surface area (TPSA) is 28.7 Å². The van der Waals surface area contributed by atoms with Crippen molar-refractivity contribution in [2.45, 2.75) is 20.4 Å². The van der Waals surface area contributed by atoms with Crippen LogP contribution in [0.1, 0.15) is 23.6 Å². The second-order valence-corrected chi connectivity index (χ2v) is 5.95. The highest BCUT2D eigenvalue weighted by molar-refractivity contribution is 5.90. The van der Waals surface area contributed by atoms with Gasteiger partial charge in [-0.1, -0.05) is 6.07 Å². The number of allylic oxidation sites excluding steroid dienone is 1. The Morgan fingerprint density at radius 3 is 2.67 bits per heavy atom. The Balaban J connectivity index is 2.13. The number of nitrogens with zero attached hydrogens (tertiary/aromatic N) is 2. The lowest BCUT2D eigenvalue weighted by Crippen LogP contribution is -1.99. The van der Waals surface area contributed by atoms with Crippen molar-refractivity contribution < 1.29 is 8.78 Å². The summed E-state index contributed by atoms with van der Waals surface area (Å²) >= 11 is 0. The summed E-state index contributed by atoms with van der Waals surface area (Å²) in [5, 5.41) is 9.72. The Morgan fingerprint density at radius 2 is 1.96 bits per heavy atom. The molecule has 1 heterocycles. The van der Waals surface area contributed by atoms with E-state index in [0.29, 0.717) is 12.1 Å².